The minimum absolute atomic E-state index is 0.0215. The molecule has 4 heterocycles. The molecule has 2 aromatic heterocycles. The van der Waals surface area contributed by atoms with E-state index in [1.54, 1.807) is 42.3 Å². The van der Waals surface area contributed by atoms with Crippen molar-refractivity contribution in [1.29, 1.82) is 0 Å². The molecule has 2 fully saturated rings. The van der Waals surface area contributed by atoms with Gasteiger partial charge in [-0.25, -0.2) is 9.59 Å². The van der Waals surface area contributed by atoms with Crippen molar-refractivity contribution >= 4 is 59.3 Å². The Morgan fingerprint density at radius 2 is 1.31 bits per heavy atom. The van der Waals surface area contributed by atoms with Gasteiger partial charge in [0.2, 0.25) is 0 Å². The molecular formula is C45H47Cl2N5O6. The Morgan fingerprint density at radius 3 is 1.91 bits per heavy atom. The summed E-state index contributed by atoms with van der Waals surface area (Å²) in [7, 11) is 0. The van der Waals surface area contributed by atoms with E-state index in [4.69, 9.17) is 37.7 Å². The van der Waals surface area contributed by atoms with Gasteiger partial charge in [0.05, 0.1) is 35.1 Å². The lowest BCUT2D eigenvalue weighted by Gasteiger charge is -2.36. The van der Waals surface area contributed by atoms with Crippen LogP contribution in [0, 0.1) is 28.9 Å². The summed E-state index contributed by atoms with van der Waals surface area (Å²) < 4.78 is 10.3. The molecule has 2 aliphatic heterocycles. The van der Waals surface area contributed by atoms with Crippen LogP contribution in [0.5, 0.6) is 0 Å². The van der Waals surface area contributed by atoms with Crippen LogP contribution in [0.1, 0.15) is 102 Å². The Morgan fingerprint density at radius 1 is 0.759 bits per heavy atom. The van der Waals surface area contributed by atoms with Crippen molar-refractivity contribution in [1.82, 2.24) is 19.8 Å². The van der Waals surface area contributed by atoms with Crippen LogP contribution in [0.3, 0.4) is 0 Å². The number of carbonyl (C=O) groups excluding carboxylic acids is 2. The van der Waals surface area contributed by atoms with Gasteiger partial charge < -0.3 is 19.3 Å². The van der Waals surface area contributed by atoms with Gasteiger partial charge >= 0.3 is 12.2 Å². The molecule has 58 heavy (non-hydrogen) atoms. The van der Waals surface area contributed by atoms with Crippen LogP contribution < -0.4 is 0 Å². The molecule has 2 unspecified atom stereocenters. The molecule has 2 aromatic carbocycles. The third-order valence-corrected chi connectivity index (χ3v) is 12.0. The van der Waals surface area contributed by atoms with Gasteiger partial charge in [0.25, 0.3) is 5.70 Å². The van der Waals surface area contributed by atoms with Crippen LogP contribution in [0.4, 0.5) is 9.59 Å². The maximum Gasteiger partial charge on any atom is 0.409 e. The van der Waals surface area contributed by atoms with Gasteiger partial charge in [0.1, 0.15) is 0 Å². The molecule has 4 aromatic rings. The quantitative estimate of drug-likeness (QED) is 0.144. The SMILES string of the molecule is CCOC(=O)N1CCC(C2c3ccc(Cl)cc3C([N+](=O)[O-])=Cc3cccnc32)CC1.CCOC(=O)N1CCC(C2c3ccc(Cl)cc3C=Cc3cc(C)cnc32)CC1. The number of pyridine rings is 2. The number of hydrogen-bond donors (Lipinski definition) is 0. The summed E-state index contributed by atoms with van der Waals surface area (Å²) in [4.78, 5) is 48.7. The number of piperidine rings is 2. The second-order valence-corrected chi connectivity index (χ2v) is 16.0. The van der Waals surface area contributed by atoms with E-state index in [0.29, 0.717) is 42.8 Å². The number of halogens is 2. The lowest BCUT2D eigenvalue weighted by molar-refractivity contribution is -0.374. The van der Waals surface area contributed by atoms with E-state index < -0.39 is 0 Å². The predicted molar refractivity (Wildman–Crippen MR) is 226 cm³/mol. The first-order chi connectivity index (χ1) is 28.1. The summed E-state index contributed by atoms with van der Waals surface area (Å²) in [6.07, 6.45) is 12.4. The number of ether oxygens (including phenoxy) is 2. The van der Waals surface area contributed by atoms with E-state index in [0.717, 1.165) is 77.4 Å². The largest absolute Gasteiger partial charge is 0.450 e. The van der Waals surface area contributed by atoms with E-state index in [1.165, 1.54) is 11.1 Å². The Hall–Kier alpha value is -5.26. The van der Waals surface area contributed by atoms with Crippen molar-refractivity contribution in [2.24, 2.45) is 11.8 Å². The van der Waals surface area contributed by atoms with Crippen LogP contribution in [-0.4, -0.2) is 76.3 Å². The fraction of sp³-hybridized carbons (Fsp3) is 0.378. The topological polar surface area (TPSA) is 128 Å². The molecule has 4 aliphatic rings. The molecule has 2 aliphatic carbocycles. The molecule has 302 valence electrons. The van der Waals surface area contributed by atoms with Gasteiger partial charge in [0, 0.05) is 72.1 Å². The number of benzene rings is 2. The second kappa shape index (κ2) is 18.1. The molecule has 2 amide bonds. The molecule has 8 rings (SSSR count). The van der Waals surface area contributed by atoms with Gasteiger partial charge in [0.15, 0.2) is 0 Å². The summed E-state index contributed by atoms with van der Waals surface area (Å²) in [5, 5.41) is 13.1. The zero-order chi connectivity index (χ0) is 40.9. The minimum Gasteiger partial charge on any atom is -0.450 e. The number of aryl methyl sites for hydroxylation is 1. The number of carbonyl (C=O) groups is 2. The van der Waals surface area contributed by atoms with Gasteiger partial charge in [-0.15, -0.1) is 0 Å². The number of nitrogens with zero attached hydrogens (tertiary/aromatic N) is 5. The third-order valence-electron chi connectivity index (χ3n) is 11.6. The van der Waals surface area contributed by atoms with Crippen LogP contribution >= 0.6 is 23.2 Å². The first kappa shape index (κ1) is 40.9. The van der Waals surface area contributed by atoms with E-state index >= 15 is 0 Å². The van der Waals surface area contributed by atoms with Crippen molar-refractivity contribution in [2.75, 3.05) is 39.4 Å². The highest BCUT2D eigenvalue weighted by Crippen LogP contribution is 2.46. The molecular weight excluding hydrogens is 777 g/mol. The monoisotopic (exact) mass is 823 g/mol. The average Bonchev–Trinajstić information content (AvgIpc) is 3.47. The van der Waals surface area contributed by atoms with Crippen molar-refractivity contribution in [2.45, 2.75) is 58.3 Å². The van der Waals surface area contributed by atoms with Gasteiger partial charge in [-0.1, -0.05) is 53.6 Å². The molecule has 11 nitrogen and oxygen atoms in total. The molecule has 2 saturated heterocycles. The number of fused-ring (bicyclic) bond motifs is 4. The zero-order valence-corrected chi connectivity index (χ0v) is 34.4. The van der Waals surface area contributed by atoms with Gasteiger partial charge in [-0.05, 0) is 123 Å². The van der Waals surface area contributed by atoms with Crippen molar-refractivity contribution in [3.05, 3.63) is 137 Å². The first-order valence-corrected chi connectivity index (χ1v) is 20.7. The highest BCUT2D eigenvalue weighted by molar-refractivity contribution is 6.31. The minimum atomic E-state index is -0.363. The van der Waals surface area contributed by atoms with E-state index in [9.17, 15) is 19.7 Å². The highest BCUT2D eigenvalue weighted by atomic mass is 35.5. The lowest BCUT2D eigenvalue weighted by atomic mass is 9.76. The van der Waals surface area contributed by atoms with Gasteiger partial charge in [-0.3, -0.25) is 20.1 Å². The van der Waals surface area contributed by atoms with E-state index in [1.807, 2.05) is 42.3 Å². The van der Waals surface area contributed by atoms with Crippen molar-refractivity contribution in [3.8, 4) is 0 Å². The number of likely N-dealkylation sites (tertiary alicyclic amines) is 2. The summed E-state index contributed by atoms with van der Waals surface area (Å²) in [6.45, 7) is 9.08. The fourth-order valence-corrected chi connectivity index (χ4v) is 9.22. The maximum absolute atomic E-state index is 12.1. The smallest absolute Gasteiger partial charge is 0.409 e. The number of hydrogen-bond acceptors (Lipinski definition) is 8. The van der Waals surface area contributed by atoms with E-state index in [2.05, 4.69) is 36.2 Å². The van der Waals surface area contributed by atoms with Crippen LogP contribution in [0.2, 0.25) is 10.0 Å². The Kier molecular flexibility index (Phi) is 12.8. The summed E-state index contributed by atoms with van der Waals surface area (Å²) in [6, 6.07) is 17.3. The summed E-state index contributed by atoms with van der Waals surface area (Å²) >= 11 is 12.5. The lowest BCUT2D eigenvalue weighted by Crippen LogP contribution is -2.40. The van der Waals surface area contributed by atoms with E-state index in [-0.39, 0.29) is 40.6 Å². The average molecular weight is 825 g/mol. The van der Waals surface area contributed by atoms with Crippen molar-refractivity contribution < 1.29 is 24.0 Å². The molecule has 0 radical (unpaired) electrons. The Labute approximate surface area is 348 Å². The predicted octanol–water partition coefficient (Wildman–Crippen LogP) is 10.4. The van der Waals surface area contributed by atoms with Crippen molar-refractivity contribution in [3.63, 3.8) is 0 Å². The first-order valence-electron chi connectivity index (χ1n) is 19.9. The maximum atomic E-state index is 12.1. The number of aromatic nitrogens is 2. The number of amides is 2. The Bertz CT molecular complexity index is 2190. The molecule has 0 bridgehead atoms. The van der Waals surface area contributed by atoms with Crippen LogP contribution in [0.15, 0.2) is 67.0 Å². The van der Waals surface area contributed by atoms with Gasteiger partial charge in [-0.2, -0.15) is 0 Å². The number of nitro groups is 1. The molecule has 0 N–H and O–H groups in total. The number of rotatable bonds is 5. The van der Waals surface area contributed by atoms with Crippen LogP contribution in [-0.2, 0) is 9.47 Å². The molecule has 2 atom stereocenters. The molecule has 0 saturated carbocycles. The standard InChI is InChI=1S/C23H25ClN2O2.C22H22ClN3O4/c1-3-28-23(27)26-10-8-16(9-11-26)21-20-7-6-19(24)13-17(20)4-5-18-12-15(2)14-25-22(18)21;1-2-30-22(27)25-10-7-14(8-11-25)20-17-6-5-16(23)13-18(17)19(26(28)29)12-15-4-3-9-24-21(15)20/h4-7,12-14,16,21H,3,8-11H2,1-2H3;3-6,9,12-14,20H,2,7-8,10-11H2,1H3. The fourth-order valence-electron chi connectivity index (χ4n) is 8.87. The normalized spacial score (nSPS) is 18.8. The molecule has 0 spiro atoms. The summed E-state index contributed by atoms with van der Waals surface area (Å²) in [5.41, 5.74) is 8.85. The zero-order valence-electron chi connectivity index (χ0n) is 32.9. The summed E-state index contributed by atoms with van der Waals surface area (Å²) in [5.74, 6) is 0.678. The Balaban J connectivity index is 0.000000177. The van der Waals surface area contributed by atoms with Crippen LogP contribution in [0.25, 0.3) is 23.9 Å². The third kappa shape index (κ3) is 8.76. The highest BCUT2D eigenvalue weighted by Gasteiger charge is 2.38. The second-order valence-electron chi connectivity index (χ2n) is 15.1. The molecule has 13 heteroatoms.